The molecule has 1 heterocycles. The molecule has 0 saturated heterocycles. The molecule has 3 atom stereocenters. The Morgan fingerprint density at radius 2 is 1.62 bits per heavy atom. The molecule has 0 spiro atoms. The number of aliphatic hydroxyl groups excluding tert-OH is 1. The number of carboxylic acid groups (broad SMARTS) is 1. The maximum absolute atomic E-state index is 13.9. The van der Waals surface area contributed by atoms with Crippen molar-refractivity contribution < 1.29 is 28.2 Å². The lowest BCUT2D eigenvalue weighted by molar-refractivity contribution is -0.129. The largest absolute Gasteiger partial charge is 0.465 e. The molecule has 11 nitrogen and oxygen atoms in total. The summed E-state index contributed by atoms with van der Waals surface area (Å²) in [4.78, 5) is 32.1. The van der Waals surface area contributed by atoms with Crippen molar-refractivity contribution in [2.45, 2.75) is 89.6 Å². The molecule has 13 heteroatoms. The molecule has 5 N–H and O–H groups in total. The highest BCUT2D eigenvalue weighted by atomic mass is 32.2. The van der Waals surface area contributed by atoms with Crippen LogP contribution in [0.25, 0.3) is 0 Å². The molecule has 0 radical (unpaired) electrons. The molecule has 1 aromatic heterocycles. The van der Waals surface area contributed by atoms with Gasteiger partial charge in [-0.15, -0.1) is 11.3 Å². The number of sulfonamides is 1. The molecule has 3 aromatic rings. The van der Waals surface area contributed by atoms with Crippen molar-refractivity contribution in [2.24, 2.45) is 5.92 Å². The summed E-state index contributed by atoms with van der Waals surface area (Å²) in [6.45, 7) is 10.5. The number of benzene rings is 2. The average molecular weight is 660 g/mol. The summed E-state index contributed by atoms with van der Waals surface area (Å²) >= 11 is 1.44. The summed E-state index contributed by atoms with van der Waals surface area (Å²) in [6, 6.07) is 12.4. The maximum atomic E-state index is 13.9. The van der Waals surface area contributed by atoms with Crippen molar-refractivity contribution in [1.82, 2.24) is 19.5 Å². The first kappa shape index (κ1) is 36.0. The van der Waals surface area contributed by atoms with E-state index in [1.165, 1.54) is 39.9 Å². The van der Waals surface area contributed by atoms with Crippen LogP contribution in [0.4, 0.5) is 10.5 Å². The van der Waals surface area contributed by atoms with Gasteiger partial charge in [0.2, 0.25) is 15.9 Å². The fourth-order valence-corrected chi connectivity index (χ4v) is 7.50. The first-order valence-electron chi connectivity index (χ1n) is 14.9. The van der Waals surface area contributed by atoms with Gasteiger partial charge in [0.25, 0.3) is 0 Å². The Balaban J connectivity index is 1.92. The molecular weight excluding hydrogens is 615 g/mol. The lowest BCUT2D eigenvalue weighted by atomic mass is 9.97. The van der Waals surface area contributed by atoms with Crippen LogP contribution in [0.15, 0.2) is 64.9 Å². The van der Waals surface area contributed by atoms with E-state index >= 15 is 0 Å². The maximum Gasteiger partial charge on any atom is 0.408 e. The van der Waals surface area contributed by atoms with Crippen molar-refractivity contribution >= 4 is 39.0 Å². The average Bonchev–Trinajstić information content (AvgIpc) is 3.44. The van der Waals surface area contributed by atoms with Gasteiger partial charge >= 0.3 is 6.09 Å². The zero-order valence-corrected chi connectivity index (χ0v) is 28.3. The molecule has 3 rings (SSSR count). The van der Waals surface area contributed by atoms with Crippen LogP contribution < -0.4 is 11.1 Å². The fraction of sp³-hybridized carbons (Fsp3) is 0.469. The number of aliphatic hydroxyl groups is 1. The highest BCUT2D eigenvalue weighted by Crippen LogP contribution is 2.24. The highest BCUT2D eigenvalue weighted by molar-refractivity contribution is 7.89. The monoisotopic (exact) mass is 659 g/mol. The molecule has 246 valence electrons. The summed E-state index contributed by atoms with van der Waals surface area (Å²) in [5.41, 5.74) is 7.53. The number of nitrogens with two attached hydrogens (primary N) is 1. The number of rotatable bonds is 15. The van der Waals surface area contributed by atoms with Gasteiger partial charge in [-0.1, -0.05) is 58.0 Å². The third-order valence-electron chi connectivity index (χ3n) is 7.40. The Morgan fingerprint density at radius 1 is 1.00 bits per heavy atom. The number of nitrogens with zero attached hydrogens (tertiary/aromatic N) is 3. The number of carbonyl (C=O) groups excluding carboxylic acids is 1. The van der Waals surface area contributed by atoms with Gasteiger partial charge in [0.15, 0.2) is 0 Å². The van der Waals surface area contributed by atoms with Gasteiger partial charge in [-0.3, -0.25) is 9.69 Å². The van der Waals surface area contributed by atoms with Crippen LogP contribution in [0.5, 0.6) is 0 Å². The van der Waals surface area contributed by atoms with Crippen molar-refractivity contribution in [2.75, 3.05) is 12.3 Å². The van der Waals surface area contributed by atoms with Crippen LogP contribution in [0.2, 0.25) is 0 Å². The molecule has 0 unspecified atom stereocenters. The van der Waals surface area contributed by atoms with Crippen molar-refractivity contribution in [1.29, 1.82) is 0 Å². The predicted octanol–water partition coefficient (Wildman–Crippen LogP) is 4.54. The first-order chi connectivity index (χ1) is 21.1. The molecule has 45 heavy (non-hydrogen) atoms. The standard InChI is InChI=1S/C32H45N5O6S2/c1-20(2)29(36(32(40)41)17-25-19-44-31(34-25)21(3)4)30(39)35-27(16-23-10-8-7-9-11-23)28(38)18-37(22(5)6)45(42,43)26-14-12-24(33)13-15-26/h7-15,19-22,27-29,38H,16-18,33H2,1-6H3,(H,35,39)(H,40,41)/t27-,28-,29-/m0/s1. The van der Waals surface area contributed by atoms with E-state index in [1.54, 1.807) is 33.1 Å². The van der Waals surface area contributed by atoms with Gasteiger partial charge in [0.1, 0.15) is 6.04 Å². The van der Waals surface area contributed by atoms with E-state index in [4.69, 9.17) is 5.73 Å². The number of nitrogens with one attached hydrogen (secondary N) is 1. The lowest BCUT2D eigenvalue weighted by Crippen LogP contribution is -2.57. The highest BCUT2D eigenvalue weighted by Gasteiger charge is 2.37. The predicted molar refractivity (Wildman–Crippen MR) is 176 cm³/mol. The minimum absolute atomic E-state index is 0.0286. The lowest BCUT2D eigenvalue weighted by Gasteiger charge is -2.35. The van der Waals surface area contributed by atoms with E-state index < -0.39 is 52.2 Å². The topological polar surface area (TPSA) is 166 Å². The molecule has 0 saturated carbocycles. The minimum Gasteiger partial charge on any atom is -0.465 e. The van der Waals surface area contributed by atoms with Gasteiger partial charge in [0.05, 0.1) is 34.3 Å². The van der Waals surface area contributed by atoms with Crippen LogP contribution in [0, 0.1) is 5.92 Å². The second-order valence-electron chi connectivity index (χ2n) is 12.0. The van der Waals surface area contributed by atoms with E-state index in [-0.39, 0.29) is 30.3 Å². The summed E-state index contributed by atoms with van der Waals surface area (Å²) in [6.07, 6.45) is -2.43. The van der Waals surface area contributed by atoms with E-state index in [9.17, 15) is 28.2 Å². The van der Waals surface area contributed by atoms with E-state index in [0.717, 1.165) is 15.5 Å². The number of hydrogen-bond acceptors (Lipinski definition) is 8. The summed E-state index contributed by atoms with van der Waals surface area (Å²) in [7, 11) is -4.03. The van der Waals surface area contributed by atoms with Crippen molar-refractivity contribution in [3.05, 3.63) is 76.2 Å². The van der Waals surface area contributed by atoms with Crippen LogP contribution in [0.3, 0.4) is 0 Å². The Kier molecular flexibility index (Phi) is 12.5. The summed E-state index contributed by atoms with van der Waals surface area (Å²) in [5.74, 6) is -0.832. The zero-order valence-electron chi connectivity index (χ0n) is 26.6. The molecular formula is C32H45N5O6S2. The SMILES string of the molecule is CC(C)c1nc(CN(C(=O)O)[C@H](C(=O)N[C@@H](Cc2ccccc2)[C@@H](O)CN(C(C)C)S(=O)(=O)c2ccc(N)cc2)C(C)C)cs1. The third-order valence-corrected chi connectivity index (χ3v) is 10.6. The number of carbonyl (C=O) groups is 2. The molecule has 0 fully saturated rings. The van der Waals surface area contributed by atoms with E-state index in [1.807, 2.05) is 44.2 Å². The van der Waals surface area contributed by atoms with Crippen molar-refractivity contribution in [3.63, 3.8) is 0 Å². The number of nitrogen functional groups attached to an aromatic ring is 1. The number of anilines is 1. The van der Waals surface area contributed by atoms with Crippen LogP contribution in [0.1, 0.15) is 63.7 Å². The van der Waals surface area contributed by atoms with E-state index in [2.05, 4.69) is 10.3 Å². The quantitative estimate of drug-likeness (QED) is 0.173. The van der Waals surface area contributed by atoms with Gasteiger partial charge in [-0.25, -0.2) is 18.2 Å². The van der Waals surface area contributed by atoms with Gasteiger partial charge in [-0.2, -0.15) is 4.31 Å². The second-order valence-corrected chi connectivity index (χ2v) is 14.8. The van der Waals surface area contributed by atoms with Gasteiger partial charge < -0.3 is 21.3 Å². The molecule has 0 bridgehead atoms. The minimum atomic E-state index is -4.03. The van der Waals surface area contributed by atoms with Crippen LogP contribution >= 0.6 is 11.3 Å². The number of hydrogen-bond donors (Lipinski definition) is 4. The number of thiazole rings is 1. The first-order valence-corrected chi connectivity index (χ1v) is 17.3. The Bertz CT molecular complexity index is 1510. The number of aromatic nitrogens is 1. The Hall–Kier alpha value is -3.52. The zero-order chi connectivity index (χ0) is 33.5. The molecule has 0 aliphatic heterocycles. The molecule has 2 aromatic carbocycles. The van der Waals surface area contributed by atoms with Crippen molar-refractivity contribution in [3.8, 4) is 0 Å². The summed E-state index contributed by atoms with van der Waals surface area (Å²) in [5, 5.41) is 27.3. The Morgan fingerprint density at radius 3 is 2.13 bits per heavy atom. The third kappa shape index (κ3) is 9.49. The number of amides is 2. The smallest absolute Gasteiger partial charge is 0.408 e. The van der Waals surface area contributed by atoms with Gasteiger partial charge in [0, 0.05) is 29.6 Å². The normalized spacial score (nSPS) is 14.1. The van der Waals surface area contributed by atoms with Crippen LogP contribution in [-0.2, 0) is 27.8 Å². The fourth-order valence-electron chi connectivity index (χ4n) is 5.02. The van der Waals surface area contributed by atoms with E-state index in [0.29, 0.717) is 11.4 Å². The molecule has 2 amide bonds. The van der Waals surface area contributed by atoms with Gasteiger partial charge in [-0.05, 0) is 56.0 Å². The molecule has 0 aliphatic carbocycles. The molecule has 0 aliphatic rings. The van der Waals surface area contributed by atoms with Crippen LogP contribution in [-0.4, -0.2) is 75.6 Å². The summed E-state index contributed by atoms with van der Waals surface area (Å²) < 4.78 is 28.4. The Labute approximate surface area is 270 Å². The second kappa shape index (κ2) is 15.7.